The van der Waals surface area contributed by atoms with E-state index in [9.17, 15) is 27.5 Å². The van der Waals surface area contributed by atoms with Gasteiger partial charge in [-0.3, -0.25) is 0 Å². The molecule has 0 unspecified atom stereocenters. The molecule has 11 heteroatoms. The number of carboxylic acid groups (broad SMARTS) is 1. The molecule has 4 N–H and O–H groups in total. The molecule has 30 heavy (non-hydrogen) atoms. The van der Waals surface area contributed by atoms with E-state index in [1.165, 1.54) is 12.3 Å². The van der Waals surface area contributed by atoms with Crippen molar-refractivity contribution < 1.29 is 27.5 Å². The number of nitrogens with one attached hydrogen (secondary N) is 1. The Labute approximate surface area is 186 Å². The normalized spacial score (nSPS) is 10.9. The maximum absolute atomic E-state index is 14.8. The van der Waals surface area contributed by atoms with Crippen molar-refractivity contribution in [3.63, 3.8) is 0 Å². The molecule has 0 fully saturated rings. The quantitative estimate of drug-likeness (QED) is 0.221. The largest absolute Gasteiger partial charge is 0.478 e. The molecule has 3 aromatic rings. The predicted octanol–water partition coefficient (Wildman–Crippen LogP) is 5.51. The van der Waals surface area contributed by atoms with Gasteiger partial charge in [0.1, 0.15) is 5.82 Å². The molecule has 156 valence electrons. The smallest absolute Gasteiger partial charge is 0.337 e. The van der Waals surface area contributed by atoms with Gasteiger partial charge in [0.25, 0.3) is 0 Å². The van der Waals surface area contributed by atoms with E-state index in [0.29, 0.717) is 3.57 Å². The van der Waals surface area contributed by atoms with Crippen molar-refractivity contribution in [3.8, 4) is 0 Å². The third kappa shape index (κ3) is 4.29. The predicted molar refractivity (Wildman–Crippen MR) is 112 cm³/mol. The van der Waals surface area contributed by atoms with Crippen LogP contribution in [0.2, 0.25) is 5.02 Å². The van der Waals surface area contributed by atoms with Gasteiger partial charge in [-0.25, -0.2) is 27.3 Å². The summed E-state index contributed by atoms with van der Waals surface area (Å²) in [4.78, 5) is 15.2. The number of aromatic carboxylic acids is 1. The van der Waals surface area contributed by atoms with Gasteiger partial charge in [0.15, 0.2) is 23.3 Å². The Morgan fingerprint density at radius 3 is 2.50 bits per heavy atom. The summed E-state index contributed by atoms with van der Waals surface area (Å²) in [7, 11) is 0. The van der Waals surface area contributed by atoms with E-state index in [4.69, 9.17) is 17.3 Å². The number of benzene rings is 2. The fraction of sp³-hybridized carbons (Fsp3) is 0.0526. The standard InChI is InChI=1S/C19H11ClF4IN3O2/c20-10-5-13(11(21)6-12(10)25)28-17-9(19(29)30)4-8(14(22)16(17)24)3-7-1-2-27-18(26)15(7)23/h1-2,4-6,28H,3H2,(H2,26,27)(H,29,30). The zero-order valence-electron chi connectivity index (χ0n) is 14.7. The summed E-state index contributed by atoms with van der Waals surface area (Å²) in [5.41, 5.74) is 3.01. The molecule has 5 nitrogen and oxygen atoms in total. The lowest BCUT2D eigenvalue weighted by Gasteiger charge is -2.15. The van der Waals surface area contributed by atoms with Gasteiger partial charge in [0.05, 0.1) is 22.0 Å². The summed E-state index contributed by atoms with van der Waals surface area (Å²) >= 11 is 7.69. The van der Waals surface area contributed by atoms with E-state index in [1.54, 1.807) is 22.6 Å². The highest BCUT2D eigenvalue weighted by atomic mass is 127. The first-order valence-corrected chi connectivity index (χ1v) is 9.60. The second-order valence-corrected chi connectivity index (χ2v) is 7.68. The topological polar surface area (TPSA) is 88.2 Å². The van der Waals surface area contributed by atoms with E-state index in [1.807, 2.05) is 0 Å². The number of nitrogens with two attached hydrogens (primary N) is 1. The lowest BCUT2D eigenvalue weighted by molar-refractivity contribution is 0.0697. The van der Waals surface area contributed by atoms with Crippen LogP contribution >= 0.6 is 34.2 Å². The highest BCUT2D eigenvalue weighted by Crippen LogP contribution is 2.33. The molecule has 0 saturated heterocycles. The molecule has 0 radical (unpaired) electrons. The van der Waals surface area contributed by atoms with Crippen LogP contribution in [-0.2, 0) is 6.42 Å². The summed E-state index contributed by atoms with van der Waals surface area (Å²) in [6.07, 6.45) is 0.699. The Hall–Kier alpha value is -2.60. The number of hydrogen-bond donors (Lipinski definition) is 3. The van der Waals surface area contributed by atoms with Crippen LogP contribution in [-0.4, -0.2) is 16.1 Å². The van der Waals surface area contributed by atoms with Crippen LogP contribution in [0.3, 0.4) is 0 Å². The average molecular weight is 552 g/mol. The van der Waals surface area contributed by atoms with E-state index in [0.717, 1.165) is 18.2 Å². The molecule has 0 aliphatic heterocycles. The van der Waals surface area contributed by atoms with Gasteiger partial charge in [-0.15, -0.1) is 0 Å². The lowest BCUT2D eigenvalue weighted by atomic mass is 10.00. The van der Waals surface area contributed by atoms with Crippen molar-refractivity contribution in [1.29, 1.82) is 0 Å². The number of hydrogen-bond acceptors (Lipinski definition) is 4. The maximum Gasteiger partial charge on any atom is 0.337 e. The van der Waals surface area contributed by atoms with Crippen molar-refractivity contribution >= 4 is 57.4 Å². The second kappa shape index (κ2) is 8.64. The van der Waals surface area contributed by atoms with Crippen LogP contribution in [0, 0.1) is 26.8 Å². The lowest BCUT2D eigenvalue weighted by Crippen LogP contribution is -2.11. The Kier molecular flexibility index (Phi) is 6.36. The molecule has 0 spiro atoms. The first-order chi connectivity index (χ1) is 14.1. The number of aromatic nitrogens is 1. The fourth-order valence-corrected chi connectivity index (χ4v) is 3.29. The number of carbonyl (C=O) groups is 1. The number of anilines is 3. The van der Waals surface area contributed by atoms with Crippen LogP contribution < -0.4 is 11.1 Å². The Morgan fingerprint density at radius 2 is 1.83 bits per heavy atom. The van der Waals surface area contributed by atoms with Crippen LogP contribution in [0.4, 0.5) is 34.8 Å². The SMILES string of the molecule is Nc1nccc(Cc2cc(C(=O)O)c(Nc3cc(Cl)c(I)cc3F)c(F)c2F)c1F. The monoisotopic (exact) mass is 551 g/mol. The Balaban J connectivity index is 2.10. The number of carboxylic acids is 1. The van der Waals surface area contributed by atoms with Crippen molar-refractivity contribution in [2.45, 2.75) is 6.42 Å². The summed E-state index contributed by atoms with van der Waals surface area (Å²) in [5, 5.41) is 11.8. The van der Waals surface area contributed by atoms with Crippen molar-refractivity contribution in [2.24, 2.45) is 0 Å². The molecule has 3 rings (SSSR count). The second-order valence-electron chi connectivity index (χ2n) is 6.11. The van der Waals surface area contributed by atoms with Crippen LogP contribution in [0.1, 0.15) is 21.5 Å². The van der Waals surface area contributed by atoms with Crippen LogP contribution in [0.15, 0.2) is 30.5 Å². The number of pyridine rings is 1. The third-order valence-corrected chi connectivity index (χ3v) is 5.68. The minimum absolute atomic E-state index is 0.103. The number of nitrogen functional groups attached to an aromatic ring is 1. The minimum Gasteiger partial charge on any atom is -0.478 e. The summed E-state index contributed by atoms with van der Waals surface area (Å²) in [6.45, 7) is 0. The Morgan fingerprint density at radius 1 is 1.13 bits per heavy atom. The van der Waals surface area contributed by atoms with Crippen LogP contribution in [0.25, 0.3) is 0 Å². The molecule has 2 aromatic carbocycles. The van der Waals surface area contributed by atoms with Crippen LogP contribution in [0.5, 0.6) is 0 Å². The van der Waals surface area contributed by atoms with E-state index in [2.05, 4.69) is 10.3 Å². The minimum atomic E-state index is -1.61. The van der Waals surface area contributed by atoms with Gasteiger partial charge in [-0.1, -0.05) is 11.6 Å². The van der Waals surface area contributed by atoms with E-state index < -0.39 is 58.3 Å². The van der Waals surface area contributed by atoms with Gasteiger partial charge in [0.2, 0.25) is 0 Å². The molecule has 1 heterocycles. The maximum atomic E-state index is 14.8. The van der Waals surface area contributed by atoms with Crippen molar-refractivity contribution in [2.75, 3.05) is 11.1 Å². The number of rotatable bonds is 5. The average Bonchev–Trinajstić information content (AvgIpc) is 2.68. The third-order valence-electron chi connectivity index (χ3n) is 4.16. The van der Waals surface area contributed by atoms with Crippen molar-refractivity contribution in [1.82, 2.24) is 4.98 Å². The number of halogens is 6. The molecular weight excluding hydrogens is 541 g/mol. The van der Waals surface area contributed by atoms with Gasteiger partial charge in [0, 0.05) is 16.2 Å². The zero-order chi connectivity index (χ0) is 22.2. The van der Waals surface area contributed by atoms with Crippen molar-refractivity contribution in [3.05, 3.63) is 79.0 Å². The van der Waals surface area contributed by atoms with E-state index in [-0.39, 0.29) is 16.3 Å². The molecule has 0 aliphatic carbocycles. The highest BCUT2D eigenvalue weighted by Gasteiger charge is 2.24. The van der Waals surface area contributed by atoms with Gasteiger partial charge < -0.3 is 16.2 Å². The first kappa shape index (κ1) is 22.1. The first-order valence-electron chi connectivity index (χ1n) is 8.14. The highest BCUT2D eigenvalue weighted by molar-refractivity contribution is 14.1. The van der Waals surface area contributed by atoms with Gasteiger partial charge in [-0.2, -0.15) is 0 Å². The summed E-state index contributed by atoms with van der Waals surface area (Å²) in [5.74, 6) is -6.80. The summed E-state index contributed by atoms with van der Waals surface area (Å²) in [6, 6.07) is 4.21. The zero-order valence-corrected chi connectivity index (χ0v) is 17.7. The molecule has 0 amide bonds. The molecular formula is C19H11ClF4IN3O2. The molecule has 0 aliphatic rings. The summed E-state index contributed by atoms with van der Waals surface area (Å²) < 4.78 is 58.1. The number of nitrogens with zero attached hydrogens (tertiary/aromatic N) is 1. The molecule has 1 aromatic heterocycles. The molecule has 0 bridgehead atoms. The van der Waals surface area contributed by atoms with Gasteiger partial charge >= 0.3 is 5.97 Å². The molecule has 0 saturated carbocycles. The van der Waals surface area contributed by atoms with E-state index >= 15 is 0 Å². The van der Waals surface area contributed by atoms with Gasteiger partial charge in [-0.05, 0) is 58.0 Å². The molecule has 0 atom stereocenters. The fourth-order valence-electron chi connectivity index (χ4n) is 2.69. The Bertz CT molecular complexity index is 1180.